The van der Waals surface area contributed by atoms with Gasteiger partial charge < -0.3 is 10.4 Å². The summed E-state index contributed by atoms with van der Waals surface area (Å²) >= 11 is 1.26. The molecule has 5 nitrogen and oxygen atoms in total. The van der Waals surface area contributed by atoms with E-state index in [9.17, 15) is 14.7 Å². The minimum Gasteiger partial charge on any atom is -0.508 e. The van der Waals surface area contributed by atoms with Gasteiger partial charge in [-0.3, -0.25) is 9.59 Å². The molecule has 1 atom stereocenters. The van der Waals surface area contributed by atoms with Crippen LogP contribution in [-0.2, 0) is 4.79 Å². The number of hydrogen-bond donors (Lipinski definition) is 2. The van der Waals surface area contributed by atoms with Crippen molar-refractivity contribution in [1.29, 1.82) is 0 Å². The van der Waals surface area contributed by atoms with Crippen molar-refractivity contribution in [3.05, 3.63) is 59.2 Å². The third-order valence-corrected chi connectivity index (χ3v) is 5.00. The Morgan fingerprint density at radius 2 is 1.92 bits per heavy atom. The number of Topliss-reactive ketones (excluding diaryl/α,β-unsaturated/α-hetero) is 1. The van der Waals surface area contributed by atoms with Crippen LogP contribution in [0.15, 0.2) is 47.5 Å². The molecule has 2 N–H and O–H groups in total. The van der Waals surface area contributed by atoms with Gasteiger partial charge in [-0.2, -0.15) is 0 Å². The van der Waals surface area contributed by atoms with E-state index in [0.29, 0.717) is 16.4 Å². The molecule has 3 rings (SSSR count). The average Bonchev–Trinajstić information content (AvgIpc) is 2.91. The summed E-state index contributed by atoms with van der Waals surface area (Å²) in [5.74, 6) is -0.0926. The molecule has 2 aromatic carbocycles. The molecule has 0 bridgehead atoms. The topological polar surface area (TPSA) is 78.8 Å². The van der Waals surface area contributed by atoms with Gasteiger partial charge in [0.05, 0.1) is 10.9 Å². The fraction of sp³-hybridized carbons (Fsp3) is 0.211. The van der Waals surface area contributed by atoms with Crippen molar-refractivity contribution >= 4 is 34.3 Å². The summed E-state index contributed by atoms with van der Waals surface area (Å²) in [5.41, 5.74) is 3.23. The Balaban J connectivity index is 1.71. The largest absolute Gasteiger partial charge is 0.508 e. The molecule has 1 amide bonds. The number of carbonyl (C=O) groups is 2. The first kappa shape index (κ1) is 17.2. The number of ketones is 1. The highest BCUT2D eigenvalue weighted by Gasteiger charge is 2.32. The van der Waals surface area contributed by atoms with Crippen molar-refractivity contribution < 1.29 is 14.7 Å². The van der Waals surface area contributed by atoms with E-state index in [1.807, 2.05) is 32.0 Å². The summed E-state index contributed by atoms with van der Waals surface area (Å²) in [4.78, 5) is 29.0. The SMILES string of the molecule is Cc1ccc(C)c(C(=O)CC2SC(=Nc3ccc(O)cc3)NC2=O)c1. The Morgan fingerprint density at radius 3 is 2.64 bits per heavy atom. The molecule has 128 valence electrons. The number of phenolic OH excluding ortho intramolecular Hbond substituents is 1. The molecule has 1 saturated heterocycles. The fourth-order valence-corrected chi connectivity index (χ4v) is 3.54. The van der Waals surface area contributed by atoms with E-state index in [2.05, 4.69) is 10.3 Å². The van der Waals surface area contributed by atoms with Gasteiger partial charge in [0.1, 0.15) is 5.75 Å². The van der Waals surface area contributed by atoms with Gasteiger partial charge in [-0.1, -0.05) is 29.5 Å². The predicted octanol–water partition coefficient (Wildman–Crippen LogP) is 3.50. The number of rotatable bonds is 4. The van der Waals surface area contributed by atoms with E-state index >= 15 is 0 Å². The number of nitrogens with one attached hydrogen (secondary N) is 1. The van der Waals surface area contributed by atoms with Crippen LogP contribution in [0.3, 0.4) is 0 Å². The molecule has 1 aliphatic rings. The van der Waals surface area contributed by atoms with Crippen LogP contribution in [0.1, 0.15) is 27.9 Å². The van der Waals surface area contributed by atoms with Gasteiger partial charge in [-0.25, -0.2) is 4.99 Å². The van der Waals surface area contributed by atoms with Gasteiger partial charge in [0, 0.05) is 12.0 Å². The molecule has 0 spiro atoms. The third-order valence-electron chi connectivity index (χ3n) is 3.92. The standard InChI is InChI=1S/C19H18N2O3S/c1-11-3-4-12(2)15(9-11)16(23)10-17-18(24)21-19(25-17)20-13-5-7-14(22)8-6-13/h3-9,17,22H,10H2,1-2H3,(H,20,21,24). The Labute approximate surface area is 150 Å². The molecular formula is C19H18N2O3S. The molecule has 0 aliphatic carbocycles. The Kier molecular flexibility index (Phi) is 4.90. The second kappa shape index (κ2) is 7.11. The van der Waals surface area contributed by atoms with Crippen molar-refractivity contribution in [2.45, 2.75) is 25.5 Å². The lowest BCUT2D eigenvalue weighted by Crippen LogP contribution is -2.26. The van der Waals surface area contributed by atoms with Gasteiger partial charge in [-0.15, -0.1) is 0 Å². The quantitative estimate of drug-likeness (QED) is 0.824. The molecule has 1 heterocycles. The van der Waals surface area contributed by atoms with Crippen LogP contribution in [0, 0.1) is 13.8 Å². The summed E-state index contributed by atoms with van der Waals surface area (Å²) < 4.78 is 0. The maximum atomic E-state index is 12.6. The van der Waals surface area contributed by atoms with E-state index in [4.69, 9.17) is 0 Å². The normalized spacial score (nSPS) is 18.4. The lowest BCUT2D eigenvalue weighted by molar-refractivity contribution is -0.118. The number of amides is 1. The smallest absolute Gasteiger partial charge is 0.240 e. The first-order chi connectivity index (χ1) is 11.9. The molecule has 25 heavy (non-hydrogen) atoms. The lowest BCUT2D eigenvalue weighted by atomic mass is 9.99. The zero-order valence-corrected chi connectivity index (χ0v) is 14.8. The van der Waals surface area contributed by atoms with E-state index in [0.717, 1.165) is 11.1 Å². The summed E-state index contributed by atoms with van der Waals surface area (Å²) in [6.45, 7) is 3.84. The summed E-state index contributed by atoms with van der Waals surface area (Å²) in [5, 5.41) is 12.0. The highest BCUT2D eigenvalue weighted by atomic mass is 32.2. The monoisotopic (exact) mass is 354 g/mol. The molecule has 0 radical (unpaired) electrons. The number of hydrogen-bond acceptors (Lipinski definition) is 5. The first-order valence-electron chi connectivity index (χ1n) is 7.88. The summed E-state index contributed by atoms with van der Waals surface area (Å²) in [6.07, 6.45) is 0.134. The van der Waals surface area contributed by atoms with Crippen LogP contribution in [0.4, 0.5) is 5.69 Å². The van der Waals surface area contributed by atoms with E-state index < -0.39 is 5.25 Å². The van der Waals surface area contributed by atoms with Crippen molar-refractivity contribution in [3.63, 3.8) is 0 Å². The average molecular weight is 354 g/mol. The van der Waals surface area contributed by atoms with Crippen LogP contribution >= 0.6 is 11.8 Å². The molecule has 0 aromatic heterocycles. The summed E-state index contributed by atoms with van der Waals surface area (Å²) in [6, 6.07) is 12.1. The maximum Gasteiger partial charge on any atom is 0.240 e. The van der Waals surface area contributed by atoms with Crippen molar-refractivity contribution in [2.24, 2.45) is 4.99 Å². The van der Waals surface area contributed by atoms with Crippen LogP contribution in [0.5, 0.6) is 5.75 Å². The number of carbonyl (C=O) groups excluding carboxylic acids is 2. The first-order valence-corrected chi connectivity index (χ1v) is 8.76. The highest BCUT2D eigenvalue weighted by molar-refractivity contribution is 8.15. The van der Waals surface area contributed by atoms with Crippen molar-refractivity contribution in [1.82, 2.24) is 5.32 Å². The van der Waals surface area contributed by atoms with E-state index in [1.54, 1.807) is 12.1 Å². The molecule has 2 aromatic rings. The molecular weight excluding hydrogens is 336 g/mol. The second-order valence-electron chi connectivity index (χ2n) is 5.97. The minimum atomic E-state index is -0.483. The van der Waals surface area contributed by atoms with Crippen LogP contribution in [0.2, 0.25) is 0 Å². The van der Waals surface area contributed by atoms with Crippen LogP contribution in [-0.4, -0.2) is 27.2 Å². The Hall–Kier alpha value is -2.60. The van der Waals surface area contributed by atoms with Gasteiger partial charge >= 0.3 is 0 Å². The van der Waals surface area contributed by atoms with Gasteiger partial charge in [0.25, 0.3) is 0 Å². The number of aryl methyl sites for hydroxylation is 2. The molecule has 1 fully saturated rings. The molecule has 1 aliphatic heterocycles. The van der Waals surface area contributed by atoms with Gasteiger partial charge in [-0.05, 0) is 49.7 Å². The lowest BCUT2D eigenvalue weighted by Gasteiger charge is -2.08. The Morgan fingerprint density at radius 1 is 1.20 bits per heavy atom. The highest BCUT2D eigenvalue weighted by Crippen LogP contribution is 2.27. The van der Waals surface area contributed by atoms with E-state index in [-0.39, 0.29) is 23.9 Å². The Bertz CT molecular complexity index is 859. The number of aromatic hydroxyl groups is 1. The zero-order chi connectivity index (χ0) is 18.0. The number of aliphatic imine (C=N–C) groups is 1. The maximum absolute atomic E-state index is 12.6. The number of amidine groups is 1. The van der Waals surface area contributed by atoms with Gasteiger partial charge in [0.2, 0.25) is 5.91 Å². The predicted molar refractivity (Wildman–Crippen MR) is 99.6 cm³/mol. The molecule has 6 heteroatoms. The van der Waals surface area contributed by atoms with E-state index in [1.165, 1.54) is 23.9 Å². The minimum absolute atomic E-state index is 0.0419. The molecule has 0 saturated carbocycles. The molecule has 1 unspecified atom stereocenters. The van der Waals surface area contributed by atoms with Crippen molar-refractivity contribution in [3.8, 4) is 5.75 Å². The second-order valence-corrected chi connectivity index (χ2v) is 7.17. The number of thioether (sulfide) groups is 1. The summed E-state index contributed by atoms with van der Waals surface area (Å²) in [7, 11) is 0. The number of benzene rings is 2. The number of phenols is 1. The third kappa shape index (κ3) is 4.09. The van der Waals surface area contributed by atoms with Crippen LogP contribution in [0.25, 0.3) is 0 Å². The van der Waals surface area contributed by atoms with Crippen LogP contribution < -0.4 is 5.32 Å². The number of nitrogens with zero attached hydrogens (tertiary/aromatic N) is 1. The van der Waals surface area contributed by atoms with Crippen molar-refractivity contribution in [2.75, 3.05) is 0 Å². The van der Waals surface area contributed by atoms with Gasteiger partial charge in [0.15, 0.2) is 11.0 Å². The fourth-order valence-electron chi connectivity index (χ4n) is 2.55. The zero-order valence-electron chi connectivity index (χ0n) is 13.9.